The van der Waals surface area contributed by atoms with Crippen molar-refractivity contribution in [1.82, 2.24) is 20.5 Å². The largest absolute Gasteiger partial charge is 0.338 e. The maximum Gasteiger partial charge on any atom is 0.270 e. The summed E-state index contributed by atoms with van der Waals surface area (Å²) < 4.78 is 0. The van der Waals surface area contributed by atoms with Gasteiger partial charge < -0.3 is 9.80 Å². The van der Waals surface area contributed by atoms with Gasteiger partial charge in [0, 0.05) is 50.7 Å². The van der Waals surface area contributed by atoms with Crippen LogP contribution in [0.4, 0.5) is 0 Å². The highest BCUT2D eigenvalue weighted by molar-refractivity contribution is 7.99. The molecule has 0 bridgehead atoms. The van der Waals surface area contributed by atoms with Gasteiger partial charge in [0.25, 0.3) is 5.91 Å². The van der Waals surface area contributed by atoms with Crippen LogP contribution in [0.1, 0.15) is 12.8 Å². The van der Waals surface area contributed by atoms with Crippen molar-refractivity contribution in [3.05, 3.63) is 0 Å². The highest BCUT2D eigenvalue weighted by atomic mass is 32.2. The zero-order chi connectivity index (χ0) is 15.5. The number of rotatable bonds is 2. The van der Waals surface area contributed by atoms with Crippen LogP contribution in [0.15, 0.2) is 5.10 Å². The lowest BCUT2D eigenvalue weighted by Gasteiger charge is -2.36. The summed E-state index contributed by atoms with van der Waals surface area (Å²) in [5, 5.41) is 7.01. The number of nitrogens with zero attached hydrogens (tertiary/aromatic N) is 3. The van der Waals surface area contributed by atoms with Crippen LogP contribution < -0.4 is 10.7 Å². The fourth-order valence-electron chi connectivity index (χ4n) is 2.71. The Kier molecular flexibility index (Phi) is 4.63. The van der Waals surface area contributed by atoms with E-state index in [1.165, 1.54) is 0 Å². The molecule has 0 radical (unpaired) electrons. The Labute approximate surface area is 132 Å². The van der Waals surface area contributed by atoms with Crippen LogP contribution in [0.25, 0.3) is 0 Å². The van der Waals surface area contributed by atoms with Crippen LogP contribution in [-0.2, 0) is 14.4 Å². The van der Waals surface area contributed by atoms with Crippen molar-refractivity contribution < 1.29 is 14.4 Å². The van der Waals surface area contributed by atoms with Crippen LogP contribution >= 0.6 is 11.8 Å². The van der Waals surface area contributed by atoms with E-state index in [1.807, 2.05) is 4.90 Å². The SMILES string of the molecule is O=C1CCC(C(=O)N2CCN(C(=O)C3CSCN3)CC2)=NN1. The van der Waals surface area contributed by atoms with Crippen LogP contribution in [0.3, 0.4) is 0 Å². The molecular formula is C13H19N5O3S. The lowest BCUT2D eigenvalue weighted by atomic mass is 10.1. The topological polar surface area (TPSA) is 94.1 Å². The first kappa shape index (κ1) is 15.3. The average Bonchev–Trinajstić information content (AvgIpc) is 3.09. The summed E-state index contributed by atoms with van der Waals surface area (Å²) in [6.07, 6.45) is 0.682. The molecule has 2 N–H and O–H groups in total. The van der Waals surface area contributed by atoms with Crippen molar-refractivity contribution in [2.45, 2.75) is 18.9 Å². The van der Waals surface area contributed by atoms with Gasteiger partial charge in [-0.05, 0) is 0 Å². The van der Waals surface area contributed by atoms with Crippen LogP contribution in [0, 0.1) is 0 Å². The second-order valence-corrected chi connectivity index (χ2v) is 6.51. The van der Waals surface area contributed by atoms with Crippen LogP contribution in [0.2, 0.25) is 0 Å². The normalized spacial score (nSPS) is 25.7. The number of nitrogens with one attached hydrogen (secondary N) is 2. The second kappa shape index (κ2) is 6.66. The third kappa shape index (κ3) is 3.25. The molecule has 9 heteroatoms. The molecule has 0 aromatic carbocycles. The predicted octanol–water partition coefficient (Wildman–Crippen LogP) is -1.41. The van der Waals surface area contributed by atoms with Gasteiger partial charge in [0.15, 0.2) is 0 Å². The van der Waals surface area contributed by atoms with Crippen molar-refractivity contribution in [1.29, 1.82) is 0 Å². The summed E-state index contributed by atoms with van der Waals surface area (Å²) in [4.78, 5) is 39.2. The number of amides is 3. The van der Waals surface area contributed by atoms with E-state index in [1.54, 1.807) is 16.7 Å². The molecule has 8 nitrogen and oxygen atoms in total. The Hall–Kier alpha value is -1.61. The first-order chi connectivity index (χ1) is 10.6. The minimum absolute atomic E-state index is 0.0924. The molecule has 120 valence electrons. The van der Waals surface area contributed by atoms with Gasteiger partial charge in [-0.25, -0.2) is 5.43 Å². The van der Waals surface area contributed by atoms with Crippen molar-refractivity contribution in [2.24, 2.45) is 5.10 Å². The summed E-state index contributed by atoms with van der Waals surface area (Å²) in [6.45, 7) is 2.12. The number of carbonyl (C=O) groups excluding carboxylic acids is 3. The molecule has 2 saturated heterocycles. The first-order valence-electron chi connectivity index (χ1n) is 7.40. The maximum absolute atomic E-state index is 12.3. The molecule has 1 unspecified atom stereocenters. The Morgan fingerprint density at radius 1 is 1.14 bits per heavy atom. The molecule has 0 spiro atoms. The lowest BCUT2D eigenvalue weighted by Crippen LogP contribution is -2.55. The zero-order valence-corrected chi connectivity index (χ0v) is 13.0. The molecule has 3 amide bonds. The Bertz CT molecular complexity index is 510. The number of hydrazone groups is 1. The van der Waals surface area contributed by atoms with Gasteiger partial charge in [0.2, 0.25) is 11.8 Å². The zero-order valence-electron chi connectivity index (χ0n) is 12.2. The first-order valence-corrected chi connectivity index (χ1v) is 8.55. The molecule has 3 heterocycles. The highest BCUT2D eigenvalue weighted by Gasteiger charge is 2.32. The standard InChI is InChI=1S/C13H19N5O3S/c19-11-2-1-9(15-16-11)12(20)17-3-5-18(6-4-17)13(21)10-7-22-8-14-10/h10,14H,1-8H2,(H,16,19). The Morgan fingerprint density at radius 3 is 2.45 bits per heavy atom. The minimum atomic E-state index is -0.158. The van der Waals surface area contributed by atoms with Crippen molar-refractivity contribution in [3.63, 3.8) is 0 Å². The number of carbonyl (C=O) groups is 3. The van der Waals surface area contributed by atoms with Crippen molar-refractivity contribution in [2.75, 3.05) is 37.8 Å². The quantitative estimate of drug-likeness (QED) is 0.650. The van der Waals surface area contributed by atoms with Gasteiger partial charge in [0.05, 0.1) is 6.04 Å². The van der Waals surface area contributed by atoms with E-state index in [0.717, 1.165) is 11.6 Å². The van der Waals surface area contributed by atoms with Gasteiger partial charge >= 0.3 is 0 Å². The van der Waals surface area contributed by atoms with Gasteiger partial charge in [-0.3, -0.25) is 19.7 Å². The van der Waals surface area contributed by atoms with E-state index < -0.39 is 0 Å². The third-order valence-corrected chi connectivity index (χ3v) is 4.98. The summed E-state index contributed by atoms with van der Waals surface area (Å²) in [5.74, 6) is 1.46. The molecule has 0 aliphatic carbocycles. The summed E-state index contributed by atoms with van der Waals surface area (Å²) >= 11 is 1.73. The molecule has 2 fully saturated rings. The van der Waals surface area contributed by atoms with E-state index in [0.29, 0.717) is 44.7 Å². The lowest BCUT2D eigenvalue weighted by molar-refractivity contribution is -0.137. The molecule has 3 rings (SSSR count). The Balaban J connectivity index is 1.52. The molecule has 0 aromatic heterocycles. The average molecular weight is 325 g/mol. The predicted molar refractivity (Wildman–Crippen MR) is 82.2 cm³/mol. The van der Waals surface area contributed by atoms with E-state index in [2.05, 4.69) is 15.8 Å². The fourth-order valence-corrected chi connectivity index (χ4v) is 3.65. The van der Waals surface area contributed by atoms with E-state index in [-0.39, 0.29) is 23.8 Å². The summed E-state index contributed by atoms with van der Waals surface area (Å²) in [7, 11) is 0. The maximum atomic E-state index is 12.3. The van der Waals surface area contributed by atoms with Gasteiger partial charge in [-0.15, -0.1) is 11.8 Å². The smallest absolute Gasteiger partial charge is 0.270 e. The number of hydrogen-bond acceptors (Lipinski definition) is 6. The summed E-state index contributed by atoms with van der Waals surface area (Å²) in [5.41, 5.74) is 2.74. The third-order valence-electron chi connectivity index (χ3n) is 4.04. The highest BCUT2D eigenvalue weighted by Crippen LogP contribution is 2.14. The molecule has 3 aliphatic heterocycles. The number of hydrogen-bond donors (Lipinski definition) is 2. The monoisotopic (exact) mass is 325 g/mol. The molecule has 0 aromatic rings. The number of thioether (sulfide) groups is 1. The molecule has 0 saturated carbocycles. The molecule has 3 aliphatic rings. The van der Waals surface area contributed by atoms with Gasteiger partial charge in [-0.2, -0.15) is 5.10 Å². The van der Waals surface area contributed by atoms with Crippen LogP contribution in [-0.4, -0.2) is 77.1 Å². The van der Waals surface area contributed by atoms with Crippen molar-refractivity contribution >= 4 is 35.2 Å². The minimum Gasteiger partial charge on any atom is -0.338 e. The van der Waals surface area contributed by atoms with Crippen molar-refractivity contribution in [3.8, 4) is 0 Å². The van der Waals surface area contributed by atoms with E-state index in [4.69, 9.17) is 0 Å². The van der Waals surface area contributed by atoms with Crippen LogP contribution in [0.5, 0.6) is 0 Å². The molecule has 22 heavy (non-hydrogen) atoms. The van der Waals surface area contributed by atoms with E-state index in [9.17, 15) is 14.4 Å². The number of piperazine rings is 1. The summed E-state index contributed by atoms with van der Waals surface area (Å²) in [6, 6.07) is -0.0924. The van der Waals surface area contributed by atoms with Gasteiger partial charge in [0.1, 0.15) is 5.71 Å². The Morgan fingerprint density at radius 2 is 1.86 bits per heavy atom. The van der Waals surface area contributed by atoms with Gasteiger partial charge in [-0.1, -0.05) is 0 Å². The molecular weight excluding hydrogens is 306 g/mol. The fraction of sp³-hybridized carbons (Fsp3) is 0.692. The van der Waals surface area contributed by atoms with E-state index >= 15 is 0 Å². The second-order valence-electron chi connectivity index (χ2n) is 5.48. The molecule has 1 atom stereocenters.